The molecule has 2 aromatic heterocycles. The second-order valence-electron chi connectivity index (χ2n) is 6.10. The highest BCUT2D eigenvalue weighted by Crippen LogP contribution is 2.22. The van der Waals surface area contributed by atoms with E-state index in [-0.39, 0.29) is 0 Å². The van der Waals surface area contributed by atoms with Crippen LogP contribution >= 0.6 is 0 Å². The predicted molar refractivity (Wildman–Crippen MR) is 97.5 cm³/mol. The molecule has 0 amide bonds. The summed E-state index contributed by atoms with van der Waals surface area (Å²) in [6.45, 7) is 5.04. The van der Waals surface area contributed by atoms with Gasteiger partial charge in [0.2, 0.25) is 0 Å². The van der Waals surface area contributed by atoms with Gasteiger partial charge in [-0.3, -0.25) is 0 Å². The molecule has 0 unspecified atom stereocenters. The number of rotatable bonds is 2. The first-order chi connectivity index (χ1) is 11.7. The van der Waals surface area contributed by atoms with Crippen molar-refractivity contribution in [2.75, 3.05) is 6.54 Å². The fourth-order valence-corrected chi connectivity index (χ4v) is 2.79. The number of H-pyrrole nitrogens is 1. The van der Waals surface area contributed by atoms with Crippen molar-refractivity contribution in [2.24, 2.45) is 4.99 Å². The van der Waals surface area contributed by atoms with E-state index in [4.69, 9.17) is 0 Å². The minimum atomic E-state index is 0.696. The maximum atomic E-state index is 4.65. The van der Waals surface area contributed by atoms with E-state index in [1.165, 1.54) is 5.56 Å². The van der Waals surface area contributed by atoms with Gasteiger partial charge in [-0.2, -0.15) is 0 Å². The Hall–Kier alpha value is -2.95. The summed E-state index contributed by atoms with van der Waals surface area (Å²) in [7, 11) is 0. The lowest BCUT2D eigenvalue weighted by Crippen LogP contribution is -2.21. The molecule has 2 N–H and O–H groups in total. The van der Waals surface area contributed by atoms with E-state index in [9.17, 15) is 0 Å². The van der Waals surface area contributed by atoms with Gasteiger partial charge in [-0.05, 0) is 32.1 Å². The fourth-order valence-electron chi connectivity index (χ4n) is 2.79. The highest BCUT2D eigenvalue weighted by Gasteiger charge is 2.08. The lowest BCUT2D eigenvalue weighted by Gasteiger charge is -2.13. The zero-order valence-electron chi connectivity index (χ0n) is 13.8. The molecule has 0 saturated heterocycles. The van der Waals surface area contributed by atoms with Crippen LogP contribution in [0.2, 0.25) is 0 Å². The third-order valence-corrected chi connectivity index (χ3v) is 4.08. The first-order valence-electron chi connectivity index (χ1n) is 8.11. The smallest absolute Gasteiger partial charge is 0.180 e. The van der Waals surface area contributed by atoms with Gasteiger partial charge in [0.05, 0.1) is 5.52 Å². The monoisotopic (exact) mass is 317 g/mol. The Balaban J connectivity index is 1.70. The predicted octanol–water partition coefficient (Wildman–Crippen LogP) is 3.90. The average molecular weight is 317 g/mol. The molecule has 120 valence electrons. The summed E-state index contributed by atoms with van der Waals surface area (Å²) in [5.74, 6) is 1.53. The highest BCUT2D eigenvalue weighted by molar-refractivity contribution is 5.98. The van der Waals surface area contributed by atoms with Crippen molar-refractivity contribution in [3.8, 4) is 11.4 Å². The first-order valence-corrected chi connectivity index (χ1v) is 8.11. The number of hydrogen-bond acceptors (Lipinski definition) is 4. The Labute approximate surface area is 140 Å². The van der Waals surface area contributed by atoms with Crippen molar-refractivity contribution in [1.29, 1.82) is 0 Å². The Morgan fingerprint density at radius 3 is 2.62 bits per heavy atom. The van der Waals surface area contributed by atoms with Crippen LogP contribution in [0.15, 0.2) is 53.2 Å². The summed E-state index contributed by atoms with van der Waals surface area (Å²) in [6, 6.07) is 12.2. The summed E-state index contributed by atoms with van der Waals surface area (Å²) in [4.78, 5) is 17.2. The van der Waals surface area contributed by atoms with Crippen LogP contribution in [-0.4, -0.2) is 27.2 Å². The van der Waals surface area contributed by atoms with Crippen LogP contribution in [0.3, 0.4) is 0 Å². The van der Waals surface area contributed by atoms with E-state index in [0.29, 0.717) is 11.5 Å². The minimum Gasteiger partial charge on any atom is -0.388 e. The molecular formula is C19H19N5. The molecule has 0 spiro atoms. The zero-order valence-corrected chi connectivity index (χ0v) is 13.8. The van der Waals surface area contributed by atoms with Crippen molar-refractivity contribution in [1.82, 2.24) is 20.3 Å². The van der Waals surface area contributed by atoms with Crippen LogP contribution < -0.4 is 5.32 Å². The summed E-state index contributed by atoms with van der Waals surface area (Å²) < 4.78 is 0. The number of aryl methyl sites for hydroxylation is 1. The Morgan fingerprint density at radius 1 is 1.00 bits per heavy atom. The standard InChI is InChI=1S/C19H19N5/c1-12-3-5-14(6-4-12)18-22-16-7-8-17(23-19(16)24-18)21-15-9-10-20-13(2)11-15/h3-8,11,20H,9-10H2,1-2H3,(H,22,23,24). The van der Waals surface area contributed by atoms with E-state index in [1.807, 2.05) is 19.1 Å². The SMILES string of the molecule is CC1=CC(=Nc2ccc3[nH]c(-c4ccc(C)cc4)nc3n2)CCN1. The van der Waals surface area contributed by atoms with Gasteiger partial charge >= 0.3 is 0 Å². The van der Waals surface area contributed by atoms with Crippen molar-refractivity contribution in [2.45, 2.75) is 20.3 Å². The van der Waals surface area contributed by atoms with Crippen LogP contribution in [0, 0.1) is 6.92 Å². The lowest BCUT2D eigenvalue weighted by atomic mass is 10.1. The molecule has 24 heavy (non-hydrogen) atoms. The van der Waals surface area contributed by atoms with Crippen molar-refractivity contribution in [3.63, 3.8) is 0 Å². The quantitative estimate of drug-likeness (QED) is 0.753. The van der Waals surface area contributed by atoms with E-state index in [1.54, 1.807) is 0 Å². The first kappa shape index (κ1) is 14.6. The van der Waals surface area contributed by atoms with Gasteiger partial charge in [-0.1, -0.05) is 29.8 Å². The summed E-state index contributed by atoms with van der Waals surface area (Å²) >= 11 is 0. The van der Waals surface area contributed by atoms with Gasteiger partial charge in [0.25, 0.3) is 0 Å². The molecule has 1 aliphatic heterocycles. The van der Waals surface area contributed by atoms with Crippen molar-refractivity contribution >= 4 is 22.7 Å². The fraction of sp³-hybridized carbons (Fsp3) is 0.211. The number of nitrogens with zero attached hydrogens (tertiary/aromatic N) is 3. The largest absolute Gasteiger partial charge is 0.388 e. The van der Waals surface area contributed by atoms with Gasteiger partial charge < -0.3 is 10.3 Å². The van der Waals surface area contributed by atoms with Gasteiger partial charge in [-0.15, -0.1) is 0 Å². The number of imidazole rings is 1. The Morgan fingerprint density at radius 2 is 1.83 bits per heavy atom. The number of fused-ring (bicyclic) bond motifs is 1. The third kappa shape index (κ3) is 2.93. The van der Waals surface area contributed by atoms with Crippen LogP contribution in [0.25, 0.3) is 22.6 Å². The maximum Gasteiger partial charge on any atom is 0.180 e. The van der Waals surface area contributed by atoms with Crippen LogP contribution in [0.5, 0.6) is 0 Å². The highest BCUT2D eigenvalue weighted by atomic mass is 15.0. The molecule has 4 rings (SSSR count). The lowest BCUT2D eigenvalue weighted by molar-refractivity contribution is 0.801. The molecule has 0 saturated carbocycles. The number of nitrogens with one attached hydrogen (secondary N) is 2. The average Bonchev–Trinajstić information content (AvgIpc) is 2.99. The number of aromatic nitrogens is 3. The molecule has 1 aromatic carbocycles. The number of hydrogen-bond donors (Lipinski definition) is 2. The molecule has 0 radical (unpaired) electrons. The third-order valence-electron chi connectivity index (χ3n) is 4.08. The molecule has 0 bridgehead atoms. The van der Waals surface area contributed by atoms with Gasteiger partial charge in [0.15, 0.2) is 11.5 Å². The van der Waals surface area contributed by atoms with Gasteiger partial charge in [0, 0.05) is 29.9 Å². The van der Waals surface area contributed by atoms with Crippen LogP contribution in [-0.2, 0) is 0 Å². The molecule has 1 aliphatic rings. The number of aliphatic imine (C=N–C) groups is 1. The number of allylic oxidation sites excluding steroid dienone is 2. The van der Waals surface area contributed by atoms with Crippen molar-refractivity contribution < 1.29 is 0 Å². The second kappa shape index (κ2) is 5.92. The summed E-state index contributed by atoms with van der Waals surface area (Å²) in [6.07, 6.45) is 2.98. The number of pyridine rings is 1. The number of aromatic amines is 1. The molecule has 3 aromatic rings. The minimum absolute atomic E-state index is 0.696. The van der Waals surface area contributed by atoms with Crippen LogP contribution in [0.1, 0.15) is 18.9 Å². The molecular weight excluding hydrogens is 298 g/mol. The van der Waals surface area contributed by atoms with Gasteiger partial charge in [0.1, 0.15) is 5.82 Å². The molecule has 0 fully saturated rings. The normalized spacial score (nSPS) is 16.2. The van der Waals surface area contributed by atoms with Crippen molar-refractivity contribution in [3.05, 3.63) is 53.7 Å². The zero-order chi connectivity index (χ0) is 16.5. The second-order valence-corrected chi connectivity index (χ2v) is 6.10. The molecule has 0 aliphatic carbocycles. The number of benzene rings is 1. The van der Waals surface area contributed by atoms with E-state index in [0.717, 1.165) is 41.3 Å². The Bertz CT molecular complexity index is 948. The Kier molecular flexibility index (Phi) is 3.61. The van der Waals surface area contributed by atoms with Crippen LogP contribution in [0.4, 0.5) is 5.82 Å². The van der Waals surface area contributed by atoms with Gasteiger partial charge in [-0.25, -0.2) is 15.0 Å². The molecule has 5 nitrogen and oxygen atoms in total. The summed E-state index contributed by atoms with van der Waals surface area (Å²) in [5, 5.41) is 3.30. The molecule has 0 atom stereocenters. The maximum absolute atomic E-state index is 4.65. The topological polar surface area (TPSA) is 66.0 Å². The molecule has 5 heteroatoms. The molecule has 3 heterocycles. The van der Waals surface area contributed by atoms with E-state index >= 15 is 0 Å². The van der Waals surface area contributed by atoms with E-state index in [2.05, 4.69) is 62.5 Å². The van der Waals surface area contributed by atoms with E-state index < -0.39 is 0 Å². The summed E-state index contributed by atoms with van der Waals surface area (Å²) in [5.41, 5.74) is 6.10.